The number of amides is 1. The van der Waals surface area contributed by atoms with Crippen molar-refractivity contribution in [1.29, 1.82) is 0 Å². The maximum absolute atomic E-state index is 13.8. The molecule has 0 aliphatic carbocycles. The number of allylic oxidation sites excluding steroid dienone is 1. The quantitative estimate of drug-likeness (QED) is 0.398. The third-order valence-electron chi connectivity index (χ3n) is 5.92. The summed E-state index contributed by atoms with van der Waals surface area (Å²) in [4.78, 5) is 18.2. The van der Waals surface area contributed by atoms with Crippen molar-refractivity contribution in [3.8, 4) is 22.9 Å². The zero-order valence-corrected chi connectivity index (χ0v) is 19.9. The van der Waals surface area contributed by atoms with Crippen LogP contribution in [-0.2, 0) is 4.79 Å². The summed E-state index contributed by atoms with van der Waals surface area (Å²) >= 11 is 0. The fourth-order valence-corrected chi connectivity index (χ4v) is 4.18. The van der Waals surface area contributed by atoms with Gasteiger partial charge in [0, 0.05) is 23.0 Å². The lowest BCUT2D eigenvalue weighted by Crippen LogP contribution is -2.31. The standard InChI is InChI=1S/C27H24FN5O3/c1-16-23(26(34)30-20-7-5-4-6-8-20)24(17-9-11-19(28)12-10-17)33-27(29-16)31-25(32-33)18-13-21(35-2)15-22(14-18)36-3/h4-15,24H,1-3H3,(H,30,34)(H,29,31,32). The van der Waals surface area contributed by atoms with Crippen molar-refractivity contribution in [3.63, 3.8) is 0 Å². The Hall–Kier alpha value is -4.66. The van der Waals surface area contributed by atoms with Crippen molar-refractivity contribution in [2.75, 3.05) is 24.9 Å². The van der Waals surface area contributed by atoms with Gasteiger partial charge in [0.05, 0.1) is 19.8 Å². The minimum Gasteiger partial charge on any atom is -0.497 e. The van der Waals surface area contributed by atoms with Crippen LogP contribution >= 0.6 is 0 Å². The maximum Gasteiger partial charge on any atom is 0.255 e. The van der Waals surface area contributed by atoms with Gasteiger partial charge < -0.3 is 20.1 Å². The molecular weight excluding hydrogens is 461 g/mol. The van der Waals surface area contributed by atoms with Crippen LogP contribution in [0.4, 0.5) is 16.0 Å². The van der Waals surface area contributed by atoms with Crippen LogP contribution in [0.3, 0.4) is 0 Å². The van der Waals surface area contributed by atoms with Gasteiger partial charge in [-0.25, -0.2) is 9.07 Å². The van der Waals surface area contributed by atoms with E-state index in [-0.39, 0.29) is 11.7 Å². The highest BCUT2D eigenvalue weighted by Gasteiger charge is 2.34. The lowest BCUT2D eigenvalue weighted by molar-refractivity contribution is -0.113. The van der Waals surface area contributed by atoms with Crippen LogP contribution in [0.5, 0.6) is 11.5 Å². The smallest absolute Gasteiger partial charge is 0.255 e. The van der Waals surface area contributed by atoms with E-state index in [1.165, 1.54) is 12.1 Å². The molecule has 9 heteroatoms. The number of rotatable bonds is 6. The number of carbonyl (C=O) groups is 1. The highest BCUT2D eigenvalue weighted by molar-refractivity contribution is 6.06. The average Bonchev–Trinajstić information content (AvgIpc) is 3.32. The SMILES string of the molecule is COc1cc(OC)cc(-c2nc3n(n2)C(c2ccc(F)cc2)C(C(=O)Nc2ccccc2)=C(C)N3)c1. The van der Waals surface area contributed by atoms with Gasteiger partial charge in [-0.3, -0.25) is 4.79 Å². The number of anilines is 2. The van der Waals surface area contributed by atoms with E-state index < -0.39 is 6.04 Å². The molecule has 1 aliphatic heterocycles. The van der Waals surface area contributed by atoms with E-state index in [2.05, 4.69) is 15.6 Å². The number of carbonyl (C=O) groups excluding carboxylic acids is 1. The number of hydrogen-bond acceptors (Lipinski definition) is 6. The van der Waals surface area contributed by atoms with E-state index in [1.54, 1.807) is 49.2 Å². The Labute approximate surface area is 207 Å². The van der Waals surface area contributed by atoms with Gasteiger partial charge in [0.1, 0.15) is 23.4 Å². The second-order valence-corrected chi connectivity index (χ2v) is 8.24. The summed E-state index contributed by atoms with van der Waals surface area (Å²) in [5, 5.41) is 10.9. The van der Waals surface area contributed by atoms with Crippen LogP contribution in [-0.4, -0.2) is 34.9 Å². The Bertz CT molecular complexity index is 1430. The van der Waals surface area contributed by atoms with Crippen molar-refractivity contribution >= 4 is 17.5 Å². The molecule has 0 saturated carbocycles. The van der Waals surface area contributed by atoms with Crippen LogP contribution in [0.2, 0.25) is 0 Å². The zero-order chi connectivity index (χ0) is 25.2. The summed E-state index contributed by atoms with van der Waals surface area (Å²) in [5.74, 6) is 1.39. The molecule has 182 valence electrons. The van der Waals surface area contributed by atoms with Gasteiger partial charge in [-0.05, 0) is 48.9 Å². The molecule has 36 heavy (non-hydrogen) atoms. The van der Waals surface area contributed by atoms with Crippen molar-refractivity contribution < 1.29 is 18.7 Å². The predicted molar refractivity (Wildman–Crippen MR) is 134 cm³/mol. The van der Waals surface area contributed by atoms with Gasteiger partial charge in [0.25, 0.3) is 5.91 Å². The first kappa shape index (κ1) is 23.1. The summed E-state index contributed by atoms with van der Waals surface area (Å²) in [6.45, 7) is 1.81. The Morgan fingerprint density at radius 1 is 1.00 bits per heavy atom. The molecule has 3 aromatic carbocycles. The number of nitrogens with one attached hydrogen (secondary N) is 2. The number of halogens is 1. The first-order valence-corrected chi connectivity index (χ1v) is 11.3. The average molecular weight is 486 g/mol. The summed E-state index contributed by atoms with van der Waals surface area (Å²) in [7, 11) is 3.14. The normalized spacial score (nSPS) is 14.6. The van der Waals surface area contributed by atoms with E-state index in [0.717, 1.165) is 0 Å². The third-order valence-corrected chi connectivity index (χ3v) is 5.92. The third kappa shape index (κ3) is 4.38. The first-order chi connectivity index (χ1) is 17.5. The number of ether oxygens (including phenoxy) is 2. The molecule has 4 aromatic rings. The fourth-order valence-electron chi connectivity index (χ4n) is 4.18. The lowest BCUT2D eigenvalue weighted by Gasteiger charge is -2.28. The molecule has 1 atom stereocenters. The van der Waals surface area contributed by atoms with Crippen molar-refractivity contribution in [3.05, 3.63) is 95.4 Å². The first-order valence-electron chi connectivity index (χ1n) is 11.3. The molecule has 5 rings (SSSR count). The predicted octanol–water partition coefficient (Wildman–Crippen LogP) is 5.03. The summed E-state index contributed by atoms with van der Waals surface area (Å²) in [5.41, 5.74) is 3.09. The molecule has 1 unspecified atom stereocenters. The van der Waals surface area contributed by atoms with Crippen LogP contribution in [0.15, 0.2) is 84.1 Å². The molecule has 2 N–H and O–H groups in total. The van der Waals surface area contributed by atoms with E-state index >= 15 is 0 Å². The summed E-state index contributed by atoms with van der Waals surface area (Å²) in [6.07, 6.45) is 0. The van der Waals surface area contributed by atoms with Crippen molar-refractivity contribution in [2.24, 2.45) is 0 Å². The number of aromatic nitrogens is 3. The zero-order valence-electron chi connectivity index (χ0n) is 19.9. The summed E-state index contributed by atoms with van der Waals surface area (Å²) < 4.78 is 26.2. The molecule has 0 bridgehead atoms. The van der Waals surface area contributed by atoms with Crippen LogP contribution in [0, 0.1) is 5.82 Å². The van der Waals surface area contributed by atoms with Gasteiger partial charge in [-0.1, -0.05) is 30.3 Å². The molecule has 8 nitrogen and oxygen atoms in total. The topological polar surface area (TPSA) is 90.3 Å². The fraction of sp³-hybridized carbons (Fsp3) is 0.148. The number of methoxy groups -OCH3 is 2. The number of para-hydroxylation sites is 1. The molecule has 0 fully saturated rings. The van der Waals surface area contributed by atoms with E-state index in [1.807, 2.05) is 37.3 Å². The molecule has 1 amide bonds. The number of benzene rings is 3. The highest BCUT2D eigenvalue weighted by Crippen LogP contribution is 2.37. The molecule has 0 radical (unpaired) electrons. The van der Waals surface area contributed by atoms with Gasteiger partial charge in [0.15, 0.2) is 5.82 Å². The number of hydrogen-bond donors (Lipinski definition) is 2. The number of nitrogens with zero attached hydrogens (tertiary/aromatic N) is 3. The monoisotopic (exact) mass is 485 g/mol. The van der Waals surface area contributed by atoms with Gasteiger partial charge in [-0.15, -0.1) is 5.10 Å². The van der Waals surface area contributed by atoms with Crippen LogP contribution in [0.25, 0.3) is 11.4 Å². The van der Waals surface area contributed by atoms with Gasteiger partial charge in [-0.2, -0.15) is 4.98 Å². The van der Waals surface area contributed by atoms with Crippen molar-refractivity contribution in [1.82, 2.24) is 14.8 Å². The van der Waals surface area contributed by atoms with Crippen molar-refractivity contribution in [2.45, 2.75) is 13.0 Å². The molecule has 1 aliphatic rings. The largest absolute Gasteiger partial charge is 0.497 e. The van der Waals surface area contributed by atoms with Gasteiger partial charge >= 0.3 is 0 Å². The van der Waals surface area contributed by atoms with E-state index in [4.69, 9.17) is 14.6 Å². The highest BCUT2D eigenvalue weighted by atomic mass is 19.1. The van der Waals surface area contributed by atoms with E-state index in [0.29, 0.717) is 51.4 Å². The number of fused-ring (bicyclic) bond motifs is 1. The molecule has 2 heterocycles. The molecule has 0 spiro atoms. The molecule has 1 aromatic heterocycles. The van der Waals surface area contributed by atoms with Crippen LogP contribution in [0.1, 0.15) is 18.5 Å². The lowest BCUT2D eigenvalue weighted by atomic mass is 9.95. The van der Waals surface area contributed by atoms with Gasteiger partial charge in [0.2, 0.25) is 5.95 Å². The maximum atomic E-state index is 13.8. The second kappa shape index (κ2) is 9.53. The Kier molecular flexibility index (Phi) is 6.12. The summed E-state index contributed by atoms with van der Waals surface area (Å²) in [6, 6.07) is 19.9. The Balaban J connectivity index is 1.61. The second-order valence-electron chi connectivity index (χ2n) is 8.24. The minimum absolute atomic E-state index is 0.300. The van der Waals surface area contributed by atoms with Crippen LogP contribution < -0.4 is 20.1 Å². The molecular formula is C27H24FN5O3. The molecule has 0 saturated heterocycles. The minimum atomic E-state index is -0.640. The van der Waals surface area contributed by atoms with E-state index in [9.17, 15) is 9.18 Å². The Morgan fingerprint density at radius 3 is 2.31 bits per heavy atom. The Morgan fingerprint density at radius 2 is 1.67 bits per heavy atom.